The molecule has 1 aromatic carbocycles. The molecule has 2 heterocycles. The van der Waals surface area contributed by atoms with Gasteiger partial charge >= 0.3 is 0 Å². The van der Waals surface area contributed by atoms with E-state index in [0.717, 1.165) is 10.9 Å². The maximum Gasteiger partial charge on any atom is 0.249 e. The lowest BCUT2D eigenvalue weighted by atomic mass is 10.0. The molecule has 20 heavy (non-hydrogen) atoms. The zero-order chi connectivity index (χ0) is 14.1. The number of amides is 2. The third-order valence-electron chi connectivity index (χ3n) is 3.36. The Balaban J connectivity index is 1.96. The molecule has 0 radical (unpaired) electrons. The fraction of sp³-hybridized carbons (Fsp3) is 0.214. The summed E-state index contributed by atoms with van der Waals surface area (Å²) in [6, 6.07) is 7.10. The molecule has 1 aliphatic rings. The highest BCUT2D eigenvalue weighted by atomic mass is 16.2. The van der Waals surface area contributed by atoms with E-state index < -0.39 is 6.04 Å². The van der Waals surface area contributed by atoms with E-state index in [4.69, 9.17) is 5.73 Å². The fourth-order valence-corrected chi connectivity index (χ4v) is 2.32. The van der Waals surface area contributed by atoms with Crippen LogP contribution in [-0.4, -0.2) is 22.8 Å². The molecule has 6 heteroatoms. The van der Waals surface area contributed by atoms with Crippen LogP contribution in [0.15, 0.2) is 30.5 Å². The number of para-hydroxylation sites is 1. The van der Waals surface area contributed by atoms with Crippen LogP contribution < -0.4 is 16.4 Å². The highest BCUT2D eigenvalue weighted by molar-refractivity contribution is 6.04. The molecular weight excluding hydrogens is 256 g/mol. The van der Waals surface area contributed by atoms with Crippen molar-refractivity contribution in [2.75, 3.05) is 11.1 Å². The van der Waals surface area contributed by atoms with Crippen LogP contribution in [0.2, 0.25) is 0 Å². The number of pyridine rings is 1. The van der Waals surface area contributed by atoms with E-state index >= 15 is 0 Å². The van der Waals surface area contributed by atoms with Crippen LogP contribution in [0.1, 0.15) is 12.8 Å². The first-order valence-electron chi connectivity index (χ1n) is 6.38. The molecule has 1 aliphatic heterocycles. The number of hydrogen-bond donors (Lipinski definition) is 3. The Morgan fingerprint density at radius 3 is 2.90 bits per heavy atom. The lowest BCUT2D eigenvalue weighted by Gasteiger charge is -2.24. The Morgan fingerprint density at radius 2 is 2.10 bits per heavy atom. The van der Waals surface area contributed by atoms with Gasteiger partial charge in [0.1, 0.15) is 6.04 Å². The molecule has 6 nitrogen and oxygen atoms in total. The van der Waals surface area contributed by atoms with Crippen LogP contribution >= 0.6 is 0 Å². The normalized spacial score (nSPS) is 18.9. The van der Waals surface area contributed by atoms with Gasteiger partial charge in [0.25, 0.3) is 0 Å². The molecule has 1 aromatic heterocycles. The van der Waals surface area contributed by atoms with Crippen LogP contribution in [0.25, 0.3) is 10.9 Å². The molecule has 3 rings (SSSR count). The summed E-state index contributed by atoms with van der Waals surface area (Å²) in [7, 11) is 0. The molecular formula is C14H14N4O2. The maximum atomic E-state index is 11.8. The predicted octanol–water partition coefficient (Wildman–Crippen LogP) is 1.03. The van der Waals surface area contributed by atoms with Crippen molar-refractivity contribution in [3.63, 3.8) is 0 Å². The minimum absolute atomic E-state index is 0.236. The first-order chi connectivity index (χ1) is 9.65. The lowest BCUT2D eigenvalue weighted by molar-refractivity contribution is -0.133. The van der Waals surface area contributed by atoms with E-state index in [1.807, 2.05) is 24.3 Å². The van der Waals surface area contributed by atoms with Crippen LogP contribution in [0.3, 0.4) is 0 Å². The first-order valence-corrected chi connectivity index (χ1v) is 6.38. The summed E-state index contributed by atoms with van der Waals surface area (Å²) in [5.41, 5.74) is 7.92. The minimum atomic E-state index is -0.458. The summed E-state index contributed by atoms with van der Waals surface area (Å²) >= 11 is 0. The molecule has 0 bridgehead atoms. The number of carbonyl (C=O) groups excluding carboxylic acids is 2. The maximum absolute atomic E-state index is 11.8. The van der Waals surface area contributed by atoms with Crippen molar-refractivity contribution in [2.45, 2.75) is 18.9 Å². The highest BCUT2D eigenvalue weighted by Crippen LogP contribution is 2.29. The highest BCUT2D eigenvalue weighted by Gasteiger charge is 2.27. The van der Waals surface area contributed by atoms with Crippen LogP contribution in [0.5, 0.6) is 0 Å². The van der Waals surface area contributed by atoms with E-state index in [2.05, 4.69) is 15.6 Å². The molecule has 1 atom stereocenters. The van der Waals surface area contributed by atoms with Crippen molar-refractivity contribution in [3.8, 4) is 0 Å². The van der Waals surface area contributed by atoms with Gasteiger partial charge in [-0.2, -0.15) is 0 Å². The standard InChI is InChI=1S/C14H14N4O2/c15-9-7-16-10-4-2-1-3-8(10)13(9)17-11-5-6-12(19)18-14(11)20/h1-4,7,11H,5-6,15H2,(H,16,17)(H,18,19,20). The zero-order valence-corrected chi connectivity index (χ0v) is 10.7. The zero-order valence-electron chi connectivity index (χ0n) is 10.7. The average molecular weight is 270 g/mol. The summed E-state index contributed by atoms with van der Waals surface area (Å²) < 4.78 is 0. The van der Waals surface area contributed by atoms with Crippen molar-refractivity contribution in [1.82, 2.24) is 10.3 Å². The van der Waals surface area contributed by atoms with Crippen molar-refractivity contribution in [2.24, 2.45) is 0 Å². The van der Waals surface area contributed by atoms with Gasteiger partial charge in [0, 0.05) is 11.8 Å². The Morgan fingerprint density at radius 1 is 1.30 bits per heavy atom. The third-order valence-corrected chi connectivity index (χ3v) is 3.36. The molecule has 1 unspecified atom stereocenters. The van der Waals surface area contributed by atoms with Crippen molar-refractivity contribution in [3.05, 3.63) is 30.5 Å². The number of rotatable bonds is 2. The number of nitrogen functional groups attached to an aromatic ring is 1. The summed E-state index contributed by atoms with van der Waals surface area (Å²) in [6.45, 7) is 0. The minimum Gasteiger partial charge on any atom is -0.396 e. The number of carbonyl (C=O) groups is 2. The SMILES string of the molecule is Nc1cnc2ccccc2c1NC1CCC(=O)NC1=O. The van der Waals surface area contributed by atoms with Crippen molar-refractivity contribution < 1.29 is 9.59 Å². The topological polar surface area (TPSA) is 97.1 Å². The van der Waals surface area contributed by atoms with Crippen molar-refractivity contribution in [1.29, 1.82) is 0 Å². The van der Waals surface area contributed by atoms with Gasteiger partial charge in [0.2, 0.25) is 11.8 Å². The van der Waals surface area contributed by atoms with E-state index in [1.54, 1.807) is 6.20 Å². The van der Waals surface area contributed by atoms with Gasteiger partial charge in [-0.05, 0) is 12.5 Å². The second-order valence-electron chi connectivity index (χ2n) is 4.75. The van der Waals surface area contributed by atoms with Gasteiger partial charge in [0.05, 0.1) is 23.1 Å². The molecule has 2 amide bonds. The van der Waals surface area contributed by atoms with E-state index in [0.29, 0.717) is 24.2 Å². The molecule has 1 fully saturated rings. The molecule has 4 N–H and O–H groups in total. The monoisotopic (exact) mass is 270 g/mol. The smallest absolute Gasteiger partial charge is 0.249 e. The fourth-order valence-electron chi connectivity index (χ4n) is 2.32. The van der Waals surface area contributed by atoms with Crippen LogP contribution in [-0.2, 0) is 9.59 Å². The number of aromatic nitrogens is 1. The second-order valence-corrected chi connectivity index (χ2v) is 4.75. The number of nitrogens with one attached hydrogen (secondary N) is 2. The van der Waals surface area contributed by atoms with Gasteiger partial charge in [-0.25, -0.2) is 0 Å². The molecule has 102 valence electrons. The molecule has 1 saturated heterocycles. The molecule has 0 saturated carbocycles. The van der Waals surface area contributed by atoms with Gasteiger partial charge in [0.15, 0.2) is 0 Å². The van der Waals surface area contributed by atoms with Gasteiger partial charge < -0.3 is 11.1 Å². The van der Waals surface area contributed by atoms with E-state index in [9.17, 15) is 9.59 Å². The van der Waals surface area contributed by atoms with Crippen molar-refractivity contribution >= 4 is 34.1 Å². The lowest BCUT2D eigenvalue weighted by Crippen LogP contribution is -2.47. The number of nitrogens with zero attached hydrogens (tertiary/aromatic N) is 1. The second kappa shape index (κ2) is 4.80. The molecule has 0 spiro atoms. The van der Waals surface area contributed by atoms with Gasteiger partial charge in [-0.3, -0.25) is 19.9 Å². The number of fused-ring (bicyclic) bond motifs is 1. The number of benzene rings is 1. The summed E-state index contributed by atoms with van der Waals surface area (Å²) in [5, 5.41) is 6.31. The number of imide groups is 1. The third kappa shape index (κ3) is 2.16. The van der Waals surface area contributed by atoms with Crippen LogP contribution in [0, 0.1) is 0 Å². The summed E-state index contributed by atoms with van der Waals surface area (Å²) in [4.78, 5) is 27.2. The average Bonchev–Trinajstić information content (AvgIpc) is 2.44. The largest absolute Gasteiger partial charge is 0.396 e. The number of piperidine rings is 1. The van der Waals surface area contributed by atoms with Crippen LogP contribution in [0.4, 0.5) is 11.4 Å². The van der Waals surface area contributed by atoms with E-state index in [-0.39, 0.29) is 11.8 Å². The Hall–Kier alpha value is -2.63. The molecule has 2 aromatic rings. The molecule has 0 aliphatic carbocycles. The van der Waals surface area contributed by atoms with E-state index in [1.165, 1.54) is 0 Å². The Kier molecular flexibility index (Phi) is 2.98. The van der Waals surface area contributed by atoms with Gasteiger partial charge in [-0.1, -0.05) is 18.2 Å². The summed E-state index contributed by atoms with van der Waals surface area (Å²) in [5.74, 6) is -0.554. The quantitative estimate of drug-likeness (QED) is 0.708. The van der Waals surface area contributed by atoms with Gasteiger partial charge in [-0.15, -0.1) is 0 Å². The summed E-state index contributed by atoms with van der Waals surface area (Å²) in [6.07, 6.45) is 2.35. The first kappa shape index (κ1) is 12.4. The predicted molar refractivity (Wildman–Crippen MR) is 75.9 cm³/mol. The number of anilines is 2. The number of nitrogens with two attached hydrogens (primary N) is 1. The Labute approximate surface area is 115 Å². The number of hydrogen-bond acceptors (Lipinski definition) is 5. The Bertz CT molecular complexity index is 699.